The smallest absolute Gasteiger partial charge is 0.151 e. The van der Waals surface area contributed by atoms with Gasteiger partial charge in [-0.2, -0.15) is 0 Å². The molecule has 0 radical (unpaired) electrons. The third kappa shape index (κ3) is 3.88. The van der Waals surface area contributed by atoms with E-state index in [1.807, 2.05) is 18.5 Å². The van der Waals surface area contributed by atoms with Crippen molar-refractivity contribution in [3.05, 3.63) is 22.4 Å². The SMILES string of the molecule is CNC(CCc1cccs1)C(C)S(C)(=O)=O. The lowest BCUT2D eigenvalue weighted by Crippen LogP contribution is -2.40. The lowest BCUT2D eigenvalue weighted by atomic mass is 10.1. The van der Waals surface area contributed by atoms with Gasteiger partial charge in [-0.3, -0.25) is 0 Å². The minimum atomic E-state index is -2.96. The van der Waals surface area contributed by atoms with Gasteiger partial charge in [0.05, 0.1) is 5.25 Å². The first-order chi connectivity index (χ1) is 7.45. The molecule has 0 spiro atoms. The van der Waals surface area contributed by atoms with Gasteiger partial charge in [0.1, 0.15) is 0 Å². The quantitative estimate of drug-likeness (QED) is 0.848. The van der Waals surface area contributed by atoms with Crippen molar-refractivity contribution in [1.29, 1.82) is 0 Å². The van der Waals surface area contributed by atoms with E-state index in [-0.39, 0.29) is 11.3 Å². The number of nitrogens with one attached hydrogen (secondary N) is 1. The number of hydrogen-bond donors (Lipinski definition) is 1. The molecule has 0 saturated heterocycles. The molecule has 1 N–H and O–H groups in total. The minimum absolute atomic E-state index is 0.0251. The third-order valence-corrected chi connectivity index (χ3v) is 5.51. The van der Waals surface area contributed by atoms with Crippen LogP contribution in [0.4, 0.5) is 0 Å². The number of thiophene rings is 1. The Morgan fingerprint density at radius 2 is 2.19 bits per heavy atom. The molecular weight excluding hydrogens is 242 g/mol. The molecule has 5 heteroatoms. The fourth-order valence-corrected chi connectivity index (χ4v) is 3.26. The normalized spacial score (nSPS) is 15.9. The van der Waals surface area contributed by atoms with E-state index in [1.165, 1.54) is 11.1 Å². The highest BCUT2D eigenvalue weighted by atomic mass is 32.2. The van der Waals surface area contributed by atoms with Gasteiger partial charge in [-0.15, -0.1) is 11.3 Å². The van der Waals surface area contributed by atoms with E-state index in [2.05, 4.69) is 11.4 Å². The number of rotatable bonds is 6. The summed E-state index contributed by atoms with van der Waals surface area (Å²) in [5.41, 5.74) is 0. The average Bonchev–Trinajstić information content (AvgIpc) is 2.69. The van der Waals surface area contributed by atoms with Crippen molar-refractivity contribution < 1.29 is 8.42 Å². The molecule has 0 aliphatic rings. The summed E-state index contributed by atoms with van der Waals surface area (Å²) in [5.74, 6) is 0. The molecule has 2 unspecified atom stereocenters. The van der Waals surface area contributed by atoms with Crippen LogP contribution in [0.5, 0.6) is 0 Å². The molecule has 16 heavy (non-hydrogen) atoms. The Morgan fingerprint density at radius 3 is 2.62 bits per heavy atom. The molecular formula is C11H19NO2S2. The lowest BCUT2D eigenvalue weighted by molar-refractivity contribution is 0.493. The van der Waals surface area contributed by atoms with Crippen molar-refractivity contribution in [3.63, 3.8) is 0 Å². The maximum atomic E-state index is 11.5. The van der Waals surface area contributed by atoms with Crippen molar-refractivity contribution in [1.82, 2.24) is 5.32 Å². The van der Waals surface area contributed by atoms with Gasteiger partial charge < -0.3 is 5.32 Å². The molecule has 1 rings (SSSR count). The summed E-state index contributed by atoms with van der Waals surface area (Å²) in [6.07, 6.45) is 3.08. The minimum Gasteiger partial charge on any atom is -0.316 e. The zero-order chi connectivity index (χ0) is 12.2. The van der Waals surface area contributed by atoms with Gasteiger partial charge in [-0.1, -0.05) is 6.07 Å². The van der Waals surface area contributed by atoms with Crippen LogP contribution in [-0.4, -0.2) is 33.0 Å². The Hall–Kier alpha value is -0.390. The van der Waals surface area contributed by atoms with Crippen molar-refractivity contribution in [2.24, 2.45) is 0 Å². The molecule has 1 aromatic rings. The molecule has 0 aliphatic carbocycles. The molecule has 0 aliphatic heterocycles. The monoisotopic (exact) mass is 261 g/mol. The largest absolute Gasteiger partial charge is 0.316 e. The average molecular weight is 261 g/mol. The first-order valence-electron chi connectivity index (χ1n) is 5.33. The predicted molar refractivity (Wildman–Crippen MR) is 69.8 cm³/mol. The maximum Gasteiger partial charge on any atom is 0.151 e. The van der Waals surface area contributed by atoms with Crippen LogP contribution < -0.4 is 5.32 Å². The van der Waals surface area contributed by atoms with Gasteiger partial charge in [0.25, 0.3) is 0 Å². The van der Waals surface area contributed by atoms with Crippen LogP contribution in [0.1, 0.15) is 18.2 Å². The zero-order valence-electron chi connectivity index (χ0n) is 9.93. The van der Waals surface area contributed by atoms with Crippen LogP contribution in [0.2, 0.25) is 0 Å². The van der Waals surface area contributed by atoms with Crippen LogP contribution in [0, 0.1) is 0 Å². The first-order valence-corrected chi connectivity index (χ1v) is 8.17. The summed E-state index contributed by atoms with van der Waals surface area (Å²) in [4.78, 5) is 1.31. The van der Waals surface area contributed by atoms with Gasteiger partial charge in [-0.25, -0.2) is 8.42 Å². The number of aryl methyl sites for hydroxylation is 1. The molecule has 0 saturated carbocycles. The highest BCUT2D eigenvalue weighted by Crippen LogP contribution is 2.15. The molecule has 1 aromatic heterocycles. The van der Waals surface area contributed by atoms with Crippen molar-refractivity contribution in [2.45, 2.75) is 31.1 Å². The Morgan fingerprint density at radius 1 is 1.50 bits per heavy atom. The number of hydrogen-bond acceptors (Lipinski definition) is 4. The van der Waals surface area contributed by atoms with E-state index in [1.54, 1.807) is 18.3 Å². The van der Waals surface area contributed by atoms with Crippen LogP contribution in [0.25, 0.3) is 0 Å². The van der Waals surface area contributed by atoms with Gasteiger partial charge in [-0.05, 0) is 38.3 Å². The zero-order valence-corrected chi connectivity index (χ0v) is 11.6. The molecule has 0 fully saturated rings. The lowest BCUT2D eigenvalue weighted by Gasteiger charge is -2.21. The first kappa shape index (κ1) is 13.7. The standard InChI is InChI=1S/C11H19NO2S2/c1-9(16(3,13)14)11(12-2)7-6-10-5-4-8-15-10/h4-5,8-9,11-12H,6-7H2,1-3H3. The van der Waals surface area contributed by atoms with Crippen molar-refractivity contribution in [3.8, 4) is 0 Å². The highest BCUT2D eigenvalue weighted by Gasteiger charge is 2.24. The van der Waals surface area contributed by atoms with Crippen LogP contribution in [0.15, 0.2) is 17.5 Å². The Balaban J connectivity index is 2.56. The van der Waals surface area contributed by atoms with Gasteiger partial charge >= 0.3 is 0 Å². The summed E-state index contributed by atoms with van der Waals surface area (Å²) in [6.45, 7) is 1.77. The van der Waals surface area contributed by atoms with Gasteiger partial charge in [0.2, 0.25) is 0 Å². The van der Waals surface area contributed by atoms with E-state index in [4.69, 9.17) is 0 Å². The summed E-state index contributed by atoms with van der Waals surface area (Å²) < 4.78 is 22.9. The van der Waals surface area contributed by atoms with Gasteiger partial charge in [0, 0.05) is 17.2 Å². The summed E-state index contributed by atoms with van der Waals surface area (Å²) >= 11 is 1.72. The summed E-state index contributed by atoms with van der Waals surface area (Å²) in [5, 5.41) is 4.81. The maximum absolute atomic E-state index is 11.5. The number of sulfone groups is 1. The molecule has 92 valence electrons. The second-order valence-corrected chi connectivity index (χ2v) is 7.48. The summed E-state index contributed by atoms with van der Waals surface area (Å²) in [6, 6.07) is 4.13. The van der Waals surface area contributed by atoms with Crippen LogP contribution >= 0.6 is 11.3 Å². The fourth-order valence-electron chi connectivity index (χ4n) is 1.66. The molecule has 0 bridgehead atoms. The molecule has 3 nitrogen and oxygen atoms in total. The van der Waals surface area contributed by atoms with Crippen LogP contribution in [-0.2, 0) is 16.3 Å². The Bertz CT molecular complexity index is 398. The molecule has 2 atom stereocenters. The van der Waals surface area contributed by atoms with Crippen LogP contribution in [0.3, 0.4) is 0 Å². The third-order valence-electron chi connectivity index (χ3n) is 2.89. The van der Waals surface area contributed by atoms with Gasteiger partial charge in [0.15, 0.2) is 9.84 Å². The van der Waals surface area contributed by atoms with E-state index in [9.17, 15) is 8.42 Å². The van der Waals surface area contributed by atoms with E-state index >= 15 is 0 Å². The molecule has 0 aromatic carbocycles. The van der Waals surface area contributed by atoms with Crippen molar-refractivity contribution in [2.75, 3.05) is 13.3 Å². The second-order valence-electron chi connectivity index (χ2n) is 4.05. The highest BCUT2D eigenvalue weighted by molar-refractivity contribution is 7.91. The van der Waals surface area contributed by atoms with E-state index < -0.39 is 9.84 Å². The second kappa shape index (κ2) is 5.80. The predicted octanol–water partition coefficient (Wildman–Crippen LogP) is 1.70. The molecule has 0 amide bonds. The van der Waals surface area contributed by atoms with Crippen molar-refractivity contribution >= 4 is 21.2 Å². The van der Waals surface area contributed by atoms with E-state index in [0.29, 0.717) is 0 Å². The van der Waals surface area contributed by atoms with E-state index in [0.717, 1.165) is 12.8 Å². The Kier molecular flexibility index (Phi) is 4.95. The fraction of sp³-hybridized carbons (Fsp3) is 0.636. The Labute approximate surface area is 102 Å². The summed E-state index contributed by atoms with van der Waals surface area (Å²) in [7, 11) is -1.14. The molecule has 1 heterocycles. The topological polar surface area (TPSA) is 46.2 Å².